The average Bonchev–Trinajstić information content (AvgIpc) is 2.89. The van der Waals surface area contributed by atoms with E-state index in [9.17, 15) is 14.7 Å². The van der Waals surface area contributed by atoms with Gasteiger partial charge in [0.15, 0.2) is 0 Å². The van der Waals surface area contributed by atoms with E-state index in [1.807, 2.05) is 30.3 Å². The van der Waals surface area contributed by atoms with Crippen LogP contribution in [0.15, 0.2) is 30.3 Å². The number of ether oxygens (including phenoxy) is 1. The number of alkyl carbamates (subject to hydrolysis) is 1. The maximum Gasteiger partial charge on any atom is 0.407 e. The maximum absolute atomic E-state index is 12.2. The van der Waals surface area contributed by atoms with Crippen LogP contribution in [0.1, 0.15) is 31.2 Å². The molecule has 7 nitrogen and oxygen atoms in total. The molecule has 2 amide bonds. The summed E-state index contributed by atoms with van der Waals surface area (Å²) in [6.07, 6.45) is 0.455. The second-order valence-corrected chi connectivity index (χ2v) is 6.98. The summed E-state index contributed by atoms with van der Waals surface area (Å²) >= 11 is 0. The second kappa shape index (κ2) is 7.31. The molecule has 1 heterocycles. The van der Waals surface area contributed by atoms with Gasteiger partial charge in [-0.2, -0.15) is 0 Å². The van der Waals surface area contributed by atoms with Crippen molar-refractivity contribution in [1.29, 1.82) is 0 Å². The quantitative estimate of drug-likeness (QED) is 0.778. The van der Waals surface area contributed by atoms with E-state index in [1.54, 1.807) is 0 Å². The largest absolute Gasteiger partial charge is 0.465 e. The van der Waals surface area contributed by atoms with Crippen molar-refractivity contribution in [2.75, 3.05) is 13.1 Å². The molecule has 1 saturated carbocycles. The molecule has 1 aliphatic heterocycles. The van der Waals surface area contributed by atoms with Crippen molar-refractivity contribution < 1.29 is 24.5 Å². The summed E-state index contributed by atoms with van der Waals surface area (Å²) in [5.41, 5.74) is 0.658. The number of hydrogen-bond donors (Lipinski definition) is 3. The minimum Gasteiger partial charge on any atom is -0.465 e. The zero-order chi connectivity index (χ0) is 17.9. The molecule has 136 valence electrons. The molecule has 3 N–H and O–H groups in total. The topological polar surface area (TPSA) is 99.1 Å². The minimum absolute atomic E-state index is 0.193. The molecule has 1 spiro atoms. The van der Waals surface area contributed by atoms with Crippen molar-refractivity contribution in [1.82, 2.24) is 10.2 Å². The van der Waals surface area contributed by atoms with Crippen LogP contribution in [-0.2, 0) is 11.3 Å². The monoisotopic (exact) mass is 348 g/mol. The van der Waals surface area contributed by atoms with E-state index in [0.717, 1.165) is 5.56 Å². The number of hydrogen-bond acceptors (Lipinski definition) is 4. The first-order chi connectivity index (χ1) is 12.0. The fourth-order valence-electron chi connectivity index (χ4n) is 4.03. The number of benzene rings is 1. The predicted octanol–water partition coefficient (Wildman–Crippen LogP) is 2.20. The van der Waals surface area contributed by atoms with Gasteiger partial charge < -0.3 is 25.2 Å². The van der Waals surface area contributed by atoms with Gasteiger partial charge in [-0.25, -0.2) is 9.59 Å². The van der Waals surface area contributed by atoms with E-state index in [0.29, 0.717) is 38.8 Å². The Labute approximate surface area is 146 Å². The van der Waals surface area contributed by atoms with Crippen molar-refractivity contribution in [3.8, 4) is 0 Å². The molecule has 25 heavy (non-hydrogen) atoms. The Morgan fingerprint density at radius 3 is 2.56 bits per heavy atom. The van der Waals surface area contributed by atoms with Gasteiger partial charge in [0.2, 0.25) is 0 Å². The molecule has 1 saturated heterocycles. The van der Waals surface area contributed by atoms with Crippen molar-refractivity contribution in [3.05, 3.63) is 35.9 Å². The number of carboxylic acid groups (broad SMARTS) is 1. The number of nitrogens with one attached hydrogen (secondary N) is 1. The van der Waals surface area contributed by atoms with Crippen molar-refractivity contribution in [3.63, 3.8) is 0 Å². The fourth-order valence-corrected chi connectivity index (χ4v) is 4.03. The Hall–Kier alpha value is -2.28. The number of carbonyl (C=O) groups is 2. The van der Waals surface area contributed by atoms with Crippen molar-refractivity contribution in [2.24, 2.45) is 5.41 Å². The molecule has 2 atom stereocenters. The van der Waals surface area contributed by atoms with Gasteiger partial charge in [-0.1, -0.05) is 30.3 Å². The third kappa shape index (κ3) is 4.04. The Kier molecular flexibility index (Phi) is 5.13. The summed E-state index contributed by atoms with van der Waals surface area (Å²) in [5.74, 6) is 0. The first kappa shape index (κ1) is 17.5. The van der Waals surface area contributed by atoms with Crippen LogP contribution >= 0.6 is 0 Å². The fraction of sp³-hybridized carbons (Fsp3) is 0.556. The van der Waals surface area contributed by atoms with Crippen LogP contribution in [0, 0.1) is 5.41 Å². The van der Waals surface area contributed by atoms with Gasteiger partial charge in [0.25, 0.3) is 0 Å². The molecule has 0 aromatic heterocycles. The number of nitrogens with zero attached hydrogens (tertiary/aromatic N) is 1. The van der Waals surface area contributed by atoms with Gasteiger partial charge >= 0.3 is 12.2 Å². The molecule has 2 fully saturated rings. The number of amides is 2. The lowest BCUT2D eigenvalue weighted by molar-refractivity contribution is 0.0644. The van der Waals surface area contributed by atoms with Crippen LogP contribution < -0.4 is 5.32 Å². The number of piperidine rings is 1. The lowest BCUT2D eigenvalue weighted by Crippen LogP contribution is -2.51. The highest BCUT2D eigenvalue weighted by Gasteiger charge is 2.49. The summed E-state index contributed by atoms with van der Waals surface area (Å²) in [6, 6.07) is 9.24. The van der Waals surface area contributed by atoms with Crippen LogP contribution in [0.4, 0.5) is 9.59 Å². The highest BCUT2D eigenvalue weighted by molar-refractivity contribution is 5.68. The molecule has 2 aliphatic rings. The first-order valence-electron chi connectivity index (χ1n) is 8.62. The van der Waals surface area contributed by atoms with Gasteiger partial charge in [0.05, 0.1) is 6.10 Å². The number of carbonyl (C=O) groups excluding carboxylic acids is 1. The van der Waals surface area contributed by atoms with Crippen molar-refractivity contribution >= 4 is 12.2 Å². The summed E-state index contributed by atoms with van der Waals surface area (Å²) in [6.45, 7) is 1.06. The van der Waals surface area contributed by atoms with Crippen LogP contribution in [0.2, 0.25) is 0 Å². The first-order valence-corrected chi connectivity index (χ1v) is 8.62. The Morgan fingerprint density at radius 1 is 1.24 bits per heavy atom. The highest BCUT2D eigenvalue weighted by atomic mass is 16.5. The zero-order valence-electron chi connectivity index (χ0n) is 14.1. The van der Waals surface area contributed by atoms with Crippen LogP contribution in [-0.4, -0.2) is 52.5 Å². The van der Waals surface area contributed by atoms with E-state index in [2.05, 4.69) is 5.32 Å². The third-order valence-corrected chi connectivity index (χ3v) is 5.42. The number of aliphatic hydroxyl groups excluding tert-OH is 1. The van der Waals surface area contributed by atoms with E-state index in [4.69, 9.17) is 9.84 Å². The van der Waals surface area contributed by atoms with Crippen molar-refractivity contribution in [2.45, 2.75) is 44.4 Å². The maximum atomic E-state index is 12.2. The van der Waals surface area contributed by atoms with Gasteiger partial charge in [-0.15, -0.1) is 0 Å². The van der Waals surface area contributed by atoms with E-state index >= 15 is 0 Å². The molecular weight excluding hydrogens is 324 g/mol. The molecule has 1 aliphatic carbocycles. The summed E-state index contributed by atoms with van der Waals surface area (Å²) in [7, 11) is 0. The second-order valence-electron chi connectivity index (χ2n) is 6.98. The summed E-state index contributed by atoms with van der Waals surface area (Å²) in [4.78, 5) is 24.6. The molecule has 3 rings (SSSR count). The number of aliphatic hydroxyl groups is 1. The molecule has 0 bridgehead atoms. The lowest BCUT2D eigenvalue weighted by atomic mass is 9.74. The van der Waals surface area contributed by atoms with E-state index in [1.165, 1.54) is 4.90 Å². The predicted molar refractivity (Wildman–Crippen MR) is 90.1 cm³/mol. The third-order valence-electron chi connectivity index (χ3n) is 5.42. The zero-order valence-corrected chi connectivity index (χ0v) is 14.1. The lowest BCUT2D eigenvalue weighted by Gasteiger charge is -2.42. The Morgan fingerprint density at radius 2 is 1.92 bits per heavy atom. The Bertz CT molecular complexity index is 613. The molecule has 0 radical (unpaired) electrons. The Balaban J connectivity index is 1.57. The van der Waals surface area contributed by atoms with E-state index in [-0.39, 0.29) is 18.1 Å². The van der Waals surface area contributed by atoms with Crippen LogP contribution in [0.5, 0.6) is 0 Å². The SMILES string of the molecule is O=C(NC1CC(O)CC12CCN(C(=O)O)CC2)OCc1ccccc1. The smallest absolute Gasteiger partial charge is 0.407 e. The average molecular weight is 348 g/mol. The summed E-state index contributed by atoms with van der Waals surface area (Å²) in [5, 5.41) is 22.1. The number of likely N-dealkylation sites (tertiary alicyclic amines) is 1. The van der Waals surface area contributed by atoms with Gasteiger partial charge in [-0.05, 0) is 36.7 Å². The molecule has 7 heteroatoms. The number of rotatable bonds is 3. The molecule has 1 aromatic carbocycles. The standard InChI is InChI=1S/C18H24N2O5/c21-14-10-15(18(11-14)6-8-20(9-7-18)17(23)24)19-16(22)25-12-13-4-2-1-3-5-13/h1-5,14-15,21H,6-12H2,(H,19,22)(H,23,24). The van der Waals surface area contributed by atoms with Crippen LogP contribution in [0.25, 0.3) is 0 Å². The summed E-state index contributed by atoms with van der Waals surface area (Å²) < 4.78 is 5.28. The van der Waals surface area contributed by atoms with Crippen LogP contribution in [0.3, 0.4) is 0 Å². The van der Waals surface area contributed by atoms with Gasteiger partial charge in [0, 0.05) is 19.1 Å². The minimum atomic E-state index is -0.917. The van der Waals surface area contributed by atoms with E-state index < -0.39 is 18.3 Å². The molecule has 1 aromatic rings. The normalized spacial score (nSPS) is 24.9. The molecular formula is C18H24N2O5. The highest BCUT2D eigenvalue weighted by Crippen LogP contribution is 2.46. The van der Waals surface area contributed by atoms with Gasteiger partial charge in [0.1, 0.15) is 6.61 Å². The van der Waals surface area contributed by atoms with Gasteiger partial charge in [-0.3, -0.25) is 0 Å². The molecule has 2 unspecified atom stereocenters.